The van der Waals surface area contributed by atoms with Gasteiger partial charge < -0.3 is 5.11 Å². The fourth-order valence-electron chi connectivity index (χ4n) is 2.56. The van der Waals surface area contributed by atoms with Gasteiger partial charge in [0, 0.05) is 11.8 Å². The van der Waals surface area contributed by atoms with Gasteiger partial charge in [-0.2, -0.15) is 0 Å². The van der Waals surface area contributed by atoms with Crippen LogP contribution in [0.4, 0.5) is 44.5 Å². The van der Waals surface area contributed by atoms with Gasteiger partial charge in [0.05, 0.1) is 5.69 Å². The van der Waals surface area contributed by atoms with Gasteiger partial charge in [-0.05, 0) is 35.2 Å². The van der Waals surface area contributed by atoms with Crippen molar-refractivity contribution in [2.75, 3.05) is 0 Å². The zero-order chi connectivity index (χ0) is 27.1. The molecule has 0 spiro atoms. The van der Waals surface area contributed by atoms with Gasteiger partial charge >= 0.3 is 56.1 Å². The van der Waals surface area contributed by atoms with Crippen LogP contribution in [-0.4, -0.2) is 11.3 Å². The number of aromatic hydroxyl groups is 1. The van der Waals surface area contributed by atoms with Crippen molar-refractivity contribution in [2.45, 2.75) is 36.0 Å². The van der Waals surface area contributed by atoms with E-state index in [9.17, 15) is 44.0 Å². The standard InChI is InChI=1S/C17H17F10NOS2.2ClH.Ti/c1-17(2,3)13-6-4-5-11(16(13)29)10-28-14-8-7-12(30(18,19,20,21)22)9-15(14)31(23,24,25,26)27;;;/h4-10,29H,1-3H3;2*1H;/q;;;+2/p-2. The first-order valence-electron chi connectivity index (χ1n) is 8.56. The number of halogens is 12. The van der Waals surface area contributed by atoms with Crippen molar-refractivity contribution in [3.8, 4) is 5.75 Å². The van der Waals surface area contributed by atoms with Crippen LogP contribution in [0, 0.1) is 0 Å². The Balaban J connectivity index is 0.00000182. The quantitative estimate of drug-likeness (QED) is 0.205. The SMILES string of the molecule is CC(C)(C)c1cccc(C=Nc2ccc(S(F)(F)(F)(F)F)cc2S(F)(F)(F)(F)F)c1O.[Cl][Ti][Cl]. The third kappa shape index (κ3) is 8.70. The number of hydrogen-bond donors (Lipinski definition) is 1. The van der Waals surface area contributed by atoms with Crippen molar-refractivity contribution in [1.82, 2.24) is 0 Å². The molecule has 0 aliphatic heterocycles. The molecule has 0 aliphatic rings. The predicted octanol–water partition coefficient (Wildman–Crippen LogP) is 11.1. The van der Waals surface area contributed by atoms with Crippen molar-refractivity contribution in [3.05, 3.63) is 47.5 Å². The Labute approximate surface area is 205 Å². The Morgan fingerprint density at radius 3 is 1.76 bits per heavy atom. The molecule has 34 heavy (non-hydrogen) atoms. The van der Waals surface area contributed by atoms with Crippen LogP contribution in [0.5, 0.6) is 5.75 Å². The minimum absolute atomic E-state index is 0.221. The molecule has 0 heterocycles. The molecule has 0 aromatic heterocycles. The van der Waals surface area contributed by atoms with Gasteiger partial charge in [-0.3, -0.25) is 4.99 Å². The maximum atomic E-state index is 13.3. The van der Waals surface area contributed by atoms with Crippen LogP contribution in [-0.2, 0) is 22.4 Å². The fourth-order valence-corrected chi connectivity index (χ4v) is 4.17. The number of para-hydroxylation sites is 1. The molecule has 2 nitrogen and oxygen atoms in total. The molecule has 0 aliphatic carbocycles. The molecule has 2 aromatic carbocycles. The van der Waals surface area contributed by atoms with E-state index in [1.54, 1.807) is 20.8 Å². The Bertz CT molecular complexity index is 1120. The number of aliphatic imine (C=N–C) groups is 1. The Kier molecular flexibility index (Phi) is 7.44. The topological polar surface area (TPSA) is 32.6 Å². The van der Waals surface area contributed by atoms with E-state index in [0.29, 0.717) is 11.8 Å². The zero-order valence-electron chi connectivity index (χ0n) is 17.3. The average molecular weight is 624 g/mol. The molecule has 0 atom stereocenters. The van der Waals surface area contributed by atoms with E-state index in [4.69, 9.17) is 18.6 Å². The van der Waals surface area contributed by atoms with Crippen molar-refractivity contribution < 1.29 is 61.0 Å². The third-order valence-electron chi connectivity index (χ3n) is 4.01. The van der Waals surface area contributed by atoms with E-state index in [2.05, 4.69) is 4.99 Å². The van der Waals surface area contributed by atoms with E-state index < -0.39 is 76.3 Å². The van der Waals surface area contributed by atoms with Gasteiger partial charge in [0.2, 0.25) is 0 Å². The van der Waals surface area contributed by atoms with Crippen molar-refractivity contribution in [3.63, 3.8) is 0 Å². The molecule has 0 fully saturated rings. The van der Waals surface area contributed by atoms with Gasteiger partial charge in [-0.15, -0.1) is 0 Å². The van der Waals surface area contributed by atoms with Crippen LogP contribution in [0.3, 0.4) is 0 Å². The van der Waals surface area contributed by atoms with Crippen molar-refractivity contribution >= 4 is 51.0 Å². The molecular weight excluding hydrogens is 607 g/mol. The monoisotopic (exact) mass is 623 g/mol. The summed E-state index contributed by atoms with van der Waals surface area (Å²) in [6.45, 7) is 5.07. The van der Waals surface area contributed by atoms with Crippen molar-refractivity contribution in [2.24, 2.45) is 4.99 Å². The minimum atomic E-state index is -10.9. The average Bonchev–Trinajstić information content (AvgIpc) is 2.56. The Morgan fingerprint density at radius 1 is 0.853 bits per heavy atom. The van der Waals surface area contributed by atoms with E-state index in [1.165, 1.54) is 12.1 Å². The van der Waals surface area contributed by atoms with Gasteiger partial charge in [0.15, 0.2) is 0 Å². The molecule has 2 rings (SSSR count). The van der Waals surface area contributed by atoms with Gasteiger partial charge in [0.25, 0.3) is 0 Å². The van der Waals surface area contributed by atoms with Crippen LogP contribution in [0.25, 0.3) is 0 Å². The second-order valence-electron chi connectivity index (χ2n) is 7.89. The normalized spacial score (nSPS) is 17.0. The fraction of sp³-hybridized carbons (Fsp3) is 0.235. The van der Waals surface area contributed by atoms with E-state index >= 15 is 0 Å². The van der Waals surface area contributed by atoms with E-state index in [0.717, 1.165) is 6.07 Å². The van der Waals surface area contributed by atoms with Gasteiger partial charge in [-0.25, -0.2) is 0 Å². The van der Waals surface area contributed by atoms with Crippen LogP contribution >= 0.6 is 39.1 Å². The maximum absolute atomic E-state index is 13.3. The number of phenols is 1. The second-order valence-corrected chi connectivity index (χ2v) is 15.3. The number of rotatable bonds is 4. The van der Waals surface area contributed by atoms with Crippen molar-refractivity contribution in [1.29, 1.82) is 0 Å². The number of benzene rings is 2. The van der Waals surface area contributed by atoms with E-state index in [1.807, 2.05) is 0 Å². The predicted molar refractivity (Wildman–Crippen MR) is 115 cm³/mol. The molecule has 196 valence electrons. The number of phenolic OH excluding ortho intramolecular Hbond substituents is 1. The molecule has 0 bridgehead atoms. The Hall–Kier alpha value is -0.796. The zero-order valence-corrected chi connectivity index (χ0v) is 22.0. The molecule has 0 radical (unpaired) electrons. The van der Waals surface area contributed by atoms with Crippen LogP contribution in [0.1, 0.15) is 31.9 Å². The molecule has 1 N–H and O–H groups in total. The Morgan fingerprint density at radius 2 is 1.35 bits per heavy atom. The summed E-state index contributed by atoms with van der Waals surface area (Å²) in [6.07, 6.45) is 0.520. The summed E-state index contributed by atoms with van der Waals surface area (Å²) < 4.78 is 131. The first kappa shape index (κ1) is 31.2. The molecule has 17 heteroatoms. The van der Waals surface area contributed by atoms with Crippen LogP contribution in [0.2, 0.25) is 0 Å². The summed E-state index contributed by atoms with van der Waals surface area (Å²) in [4.78, 5) is -3.21. The number of hydrogen-bond acceptors (Lipinski definition) is 2. The molecule has 2 aromatic rings. The van der Waals surface area contributed by atoms with Gasteiger partial charge in [0.1, 0.15) is 15.5 Å². The molecule has 0 saturated carbocycles. The van der Waals surface area contributed by atoms with E-state index in [-0.39, 0.29) is 11.6 Å². The first-order valence-corrected chi connectivity index (χ1v) is 16.8. The summed E-state index contributed by atoms with van der Waals surface area (Å²) >= 11 is -0.556. The first-order chi connectivity index (χ1) is 14.6. The summed E-state index contributed by atoms with van der Waals surface area (Å²) in [7, 11) is -11.8. The molecule has 0 amide bonds. The number of nitrogens with zero attached hydrogens (tertiary/aromatic N) is 1. The summed E-state index contributed by atoms with van der Waals surface area (Å²) in [5, 5.41) is 10.3. The molecule has 0 unspecified atom stereocenters. The van der Waals surface area contributed by atoms with Crippen LogP contribution in [0.15, 0.2) is 51.2 Å². The second kappa shape index (κ2) is 8.10. The summed E-state index contributed by atoms with van der Waals surface area (Å²) in [6, 6.07) is 2.02. The summed E-state index contributed by atoms with van der Waals surface area (Å²) in [5.74, 6) is -0.448. The third-order valence-corrected chi connectivity index (χ3v) is 6.31. The summed E-state index contributed by atoms with van der Waals surface area (Å²) in [5.41, 5.74) is -2.25. The van der Waals surface area contributed by atoms with Crippen LogP contribution < -0.4 is 0 Å². The molecular formula is C17H17Cl2F10NOS2Ti. The van der Waals surface area contributed by atoms with Gasteiger partial charge in [-0.1, -0.05) is 71.8 Å². The molecule has 0 saturated heterocycles.